The third kappa shape index (κ3) is 5.42. The number of nitrogens with zero attached hydrogens (tertiary/aromatic N) is 3. The molecule has 0 saturated heterocycles. The summed E-state index contributed by atoms with van der Waals surface area (Å²) in [6, 6.07) is 3.12. The summed E-state index contributed by atoms with van der Waals surface area (Å²) in [7, 11) is 0. The van der Waals surface area contributed by atoms with Crippen molar-refractivity contribution in [3.63, 3.8) is 0 Å². The number of nitrogens with two attached hydrogens (primary N) is 2. The fourth-order valence-corrected chi connectivity index (χ4v) is 3.22. The van der Waals surface area contributed by atoms with Gasteiger partial charge in [-0.05, 0) is 12.1 Å². The highest BCUT2D eigenvalue weighted by atomic mass is 32.2. The fraction of sp³-hybridized carbons (Fsp3) is 0.231. The molecule has 0 aliphatic rings. The quantitative estimate of drug-likeness (QED) is 0.318. The topological polar surface area (TPSA) is 140 Å². The molecule has 0 amide bonds. The number of thioether (sulfide) groups is 1. The number of aromatic nitrogens is 2. The molecule has 0 fully saturated rings. The average Bonchev–Trinajstić information content (AvgIpc) is 2.93. The summed E-state index contributed by atoms with van der Waals surface area (Å²) in [6.07, 6.45) is 1.56. The second-order valence-corrected chi connectivity index (χ2v) is 6.28. The van der Waals surface area contributed by atoms with Gasteiger partial charge in [0.05, 0.1) is 5.69 Å². The van der Waals surface area contributed by atoms with Crippen molar-refractivity contribution in [2.45, 2.75) is 5.75 Å². The SMILES string of the molecule is NC(N)=Nc1nc(CSCCNc2ncccc2C(=O)O)cs1. The predicted molar refractivity (Wildman–Crippen MR) is 93.4 cm³/mol. The van der Waals surface area contributed by atoms with Crippen LogP contribution in [0.1, 0.15) is 16.1 Å². The van der Waals surface area contributed by atoms with Crippen LogP contribution in [0.25, 0.3) is 0 Å². The van der Waals surface area contributed by atoms with Gasteiger partial charge in [0, 0.05) is 29.6 Å². The normalized spacial score (nSPS) is 10.3. The van der Waals surface area contributed by atoms with Crippen LogP contribution in [0, 0.1) is 0 Å². The van der Waals surface area contributed by atoms with E-state index in [4.69, 9.17) is 16.6 Å². The van der Waals surface area contributed by atoms with Crippen molar-refractivity contribution in [2.75, 3.05) is 17.6 Å². The summed E-state index contributed by atoms with van der Waals surface area (Å²) < 4.78 is 0. The highest BCUT2D eigenvalue weighted by Crippen LogP contribution is 2.21. The maximum absolute atomic E-state index is 11.1. The number of aliphatic imine (C=N–C) groups is 1. The van der Waals surface area contributed by atoms with Crippen LogP contribution in [0.5, 0.6) is 0 Å². The molecule has 8 nitrogen and oxygen atoms in total. The summed E-state index contributed by atoms with van der Waals surface area (Å²) in [6.45, 7) is 0.604. The zero-order valence-corrected chi connectivity index (χ0v) is 13.7. The van der Waals surface area contributed by atoms with Crippen LogP contribution >= 0.6 is 23.1 Å². The zero-order valence-electron chi connectivity index (χ0n) is 12.1. The Labute approximate surface area is 141 Å². The minimum absolute atomic E-state index is 0.00708. The molecule has 23 heavy (non-hydrogen) atoms. The summed E-state index contributed by atoms with van der Waals surface area (Å²) in [5.41, 5.74) is 11.7. The Morgan fingerprint density at radius 2 is 2.30 bits per heavy atom. The fourth-order valence-electron chi connectivity index (χ4n) is 1.66. The lowest BCUT2D eigenvalue weighted by molar-refractivity contribution is 0.0697. The molecule has 122 valence electrons. The molecule has 2 heterocycles. The molecule has 0 radical (unpaired) electrons. The van der Waals surface area contributed by atoms with E-state index in [1.807, 2.05) is 5.38 Å². The first-order valence-corrected chi connectivity index (χ1v) is 8.63. The van der Waals surface area contributed by atoms with Crippen LogP contribution in [0.2, 0.25) is 0 Å². The third-order valence-electron chi connectivity index (χ3n) is 2.59. The second kappa shape index (κ2) is 8.34. The van der Waals surface area contributed by atoms with Gasteiger partial charge in [0.15, 0.2) is 5.96 Å². The molecule has 0 aliphatic heterocycles. The van der Waals surface area contributed by atoms with Crippen LogP contribution < -0.4 is 16.8 Å². The summed E-state index contributed by atoms with van der Waals surface area (Å²) in [5.74, 6) is 0.886. The van der Waals surface area contributed by atoms with Crippen LogP contribution in [0.3, 0.4) is 0 Å². The number of anilines is 1. The van der Waals surface area contributed by atoms with E-state index in [1.165, 1.54) is 17.4 Å². The van der Waals surface area contributed by atoms with Gasteiger partial charge in [-0.15, -0.1) is 11.3 Å². The molecule has 6 N–H and O–H groups in total. The molecular weight excluding hydrogens is 336 g/mol. The van der Waals surface area contributed by atoms with E-state index < -0.39 is 5.97 Å². The molecule has 0 aromatic carbocycles. The van der Waals surface area contributed by atoms with Gasteiger partial charge >= 0.3 is 5.97 Å². The Bertz CT molecular complexity index is 699. The van der Waals surface area contributed by atoms with Gasteiger partial charge in [0.2, 0.25) is 5.13 Å². The maximum Gasteiger partial charge on any atom is 0.339 e. The smallest absolute Gasteiger partial charge is 0.339 e. The lowest BCUT2D eigenvalue weighted by Crippen LogP contribution is -2.21. The lowest BCUT2D eigenvalue weighted by Gasteiger charge is -2.07. The van der Waals surface area contributed by atoms with E-state index in [9.17, 15) is 4.79 Å². The highest BCUT2D eigenvalue weighted by Gasteiger charge is 2.09. The van der Waals surface area contributed by atoms with E-state index in [2.05, 4.69) is 20.3 Å². The minimum Gasteiger partial charge on any atom is -0.478 e. The Kier molecular flexibility index (Phi) is 6.18. The number of aromatic carboxylic acids is 1. The third-order valence-corrected chi connectivity index (χ3v) is 4.37. The van der Waals surface area contributed by atoms with Crippen molar-refractivity contribution >= 4 is 46.0 Å². The first-order chi connectivity index (χ1) is 11.1. The number of hydrogen-bond acceptors (Lipinski definition) is 7. The summed E-state index contributed by atoms with van der Waals surface area (Å²) >= 11 is 3.05. The van der Waals surface area contributed by atoms with Crippen LogP contribution in [0.15, 0.2) is 28.7 Å². The average molecular weight is 352 g/mol. The number of carboxylic acids is 1. The largest absolute Gasteiger partial charge is 0.478 e. The maximum atomic E-state index is 11.1. The molecule has 0 atom stereocenters. The second-order valence-electron chi connectivity index (χ2n) is 4.34. The number of rotatable bonds is 8. The highest BCUT2D eigenvalue weighted by molar-refractivity contribution is 7.98. The van der Waals surface area contributed by atoms with E-state index in [0.29, 0.717) is 17.5 Å². The number of hydrogen-bond donors (Lipinski definition) is 4. The number of thiazole rings is 1. The monoisotopic (exact) mass is 352 g/mol. The first-order valence-electron chi connectivity index (χ1n) is 6.60. The van der Waals surface area contributed by atoms with Gasteiger partial charge in [-0.25, -0.2) is 14.8 Å². The number of carbonyl (C=O) groups is 1. The van der Waals surface area contributed by atoms with Crippen molar-refractivity contribution in [3.8, 4) is 0 Å². The Hall–Kier alpha value is -2.33. The van der Waals surface area contributed by atoms with Crippen LogP contribution in [0.4, 0.5) is 10.9 Å². The van der Waals surface area contributed by atoms with Crippen molar-refractivity contribution in [2.24, 2.45) is 16.5 Å². The predicted octanol–water partition coefficient (Wildman–Crippen LogP) is 1.49. The van der Waals surface area contributed by atoms with E-state index in [-0.39, 0.29) is 11.5 Å². The molecule has 0 spiro atoms. The molecular formula is C13H16N6O2S2. The summed E-state index contributed by atoms with van der Waals surface area (Å²) in [4.78, 5) is 23.3. The van der Waals surface area contributed by atoms with Gasteiger partial charge in [0.25, 0.3) is 0 Å². The van der Waals surface area contributed by atoms with E-state index >= 15 is 0 Å². The van der Waals surface area contributed by atoms with Gasteiger partial charge in [-0.1, -0.05) is 0 Å². The molecule has 2 aromatic heterocycles. The molecule has 10 heteroatoms. The Morgan fingerprint density at radius 3 is 3.04 bits per heavy atom. The Balaban J connectivity index is 1.75. The standard InChI is InChI=1S/C13H16N6O2S2/c14-12(15)19-13-18-8(7-23-13)6-22-5-4-17-10-9(11(20)21)2-1-3-16-10/h1-3,7H,4-6H2,(H,16,17)(H,20,21)(H4,14,15,18,19). The zero-order chi connectivity index (χ0) is 16.7. The van der Waals surface area contributed by atoms with Crippen molar-refractivity contribution in [1.82, 2.24) is 9.97 Å². The molecule has 0 unspecified atom stereocenters. The number of guanidine groups is 1. The lowest BCUT2D eigenvalue weighted by atomic mass is 10.2. The van der Waals surface area contributed by atoms with Gasteiger partial charge in [-0.2, -0.15) is 16.8 Å². The van der Waals surface area contributed by atoms with Gasteiger partial charge in [-0.3, -0.25) is 0 Å². The minimum atomic E-state index is -0.997. The number of nitrogens with one attached hydrogen (secondary N) is 1. The number of carboxylic acid groups (broad SMARTS) is 1. The molecule has 0 saturated carbocycles. The molecule has 0 aliphatic carbocycles. The van der Waals surface area contributed by atoms with Gasteiger partial charge < -0.3 is 21.9 Å². The van der Waals surface area contributed by atoms with E-state index in [0.717, 1.165) is 17.2 Å². The molecule has 2 aromatic rings. The molecule has 2 rings (SSSR count). The van der Waals surface area contributed by atoms with Crippen LogP contribution in [-0.4, -0.2) is 39.3 Å². The van der Waals surface area contributed by atoms with Gasteiger partial charge in [0.1, 0.15) is 11.4 Å². The van der Waals surface area contributed by atoms with E-state index in [1.54, 1.807) is 24.0 Å². The van der Waals surface area contributed by atoms with Crippen molar-refractivity contribution in [1.29, 1.82) is 0 Å². The van der Waals surface area contributed by atoms with Crippen molar-refractivity contribution < 1.29 is 9.90 Å². The Morgan fingerprint density at radius 1 is 1.48 bits per heavy atom. The number of pyridine rings is 1. The van der Waals surface area contributed by atoms with Crippen LogP contribution in [-0.2, 0) is 5.75 Å². The summed E-state index contributed by atoms with van der Waals surface area (Å²) in [5, 5.41) is 14.5. The first kappa shape index (κ1) is 17.0. The molecule has 0 bridgehead atoms. The van der Waals surface area contributed by atoms with Crippen molar-refractivity contribution in [3.05, 3.63) is 35.0 Å².